The van der Waals surface area contributed by atoms with Crippen molar-refractivity contribution in [3.8, 4) is 5.75 Å². The predicted octanol–water partition coefficient (Wildman–Crippen LogP) is 1.64. The van der Waals surface area contributed by atoms with Crippen LogP contribution >= 0.6 is 0 Å². The van der Waals surface area contributed by atoms with Crippen LogP contribution in [-0.2, 0) is 11.2 Å². The number of nitrogens with zero attached hydrogens (tertiary/aromatic N) is 1. The van der Waals surface area contributed by atoms with Gasteiger partial charge in [0.05, 0.1) is 6.61 Å². The third-order valence-corrected chi connectivity index (χ3v) is 1.99. The molecule has 0 fully saturated rings. The Balaban J connectivity index is 2.26. The van der Waals surface area contributed by atoms with E-state index in [0.29, 0.717) is 12.4 Å². The van der Waals surface area contributed by atoms with Crippen LogP contribution in [0.3, 0.4) is 0 Å². The van der Waals surface area contributed by atoms with Crippen molar-refractivity contribution in [3.63, 3.8) is 0 Å². The van der Waals surface area contributed by atoms with Gasteiger partial charge in [-0.1, -0.05) is 18.2 Å². The lowest BCUT2D eigenvalue weighted by atomic mass is 10.1. The molecule has 0 saturated carbocycles. The number of ether oxygens (including phenoxy) is 1. The minimum absolute atomic E-state index is 0.370. The molecule has 0 aromatic heterocycles. The maximum absolute atomic E-state index is 9.50. The number of benzene rings is 1. The van der Waals surface area contributed by atoms with E-state index < -0.39 is 0 Å². The molecule has 0 aliphatic carbocycles. The second-order valence-corrected chi connectivity index (χ2v) is 3.67. The van der Waals surface area contributed by atoms with Crippen molar-refractivity contribution in [2.24, 2.45) is 0 Å². The Bertz CT molecular complexity index is 330. The van der Waals surface area contributed by atoms with Crippen LogP contribution in [0.5, 0.6) is 5.75 Å². The Kier molecular flexibility index (Phi) is 4.68. The van der Waals surface area contributed by atoms with Gasteiger partial charge in [0.25, 0.3) is 0 Å². The lowest BCUT2D eigenvalue weighted by molar-refractivity contribution is -0.468. The summed E-state index contributed by atoms with van der Waals surface area (Å²) in [4.78, 5) is 0. The van der Waals surface area contributed by atoms with Crippen LogP contribution < -0.4 is 0 Å². The molecule has 1 aromatic rings. The molecule has 0 radical (unpaired) electrons. The van der Waals surface area contributed by atoms with Crippen LogP contribution in [0.15, 0.2) is 24.3 Å². The van der Waals surface area contributed by atoms with Crippen molar-refractivity contribution in [1.82, 2.24) is 0 Å². The normalized spacial score (nSPS) is 9.73. The number of phenolic OH excluding ortho intramolecular Hbond substituents is 1. The summed E-state index contributed by atoms with van der Waals surface area (Å²) in [7, 11) is 3.84. The molecule has 3 nitrogen and oxygen atoms in total. The van der Waals surface area contributed by atoms with Crippen molar-refractivity contribution in [1.29, 1.82) is 0 Å². The third kappa shape index (κ3) is 4.49. The molecule has 1 aromatic carbocycles. The van der Waals surface area contributed by atoms with E-state index in [1.165, 1.54) is 0 Å². The van der Waals surface area contributed by atoms with Crippen LogP contribution in [0, 0.1) is 0 Å². The molecule has 0 bridgehead atoms. The summed E-state index contributed by atoms with van der Waals surface area (Å²) < 4.78 is 7.14. The lowest BCUT2D eigenvalue weighted by Crippen LogP contribution is -2.04. The van der Waals surface area contributed by atoms with E-state index in [-0.39, 0.29) is 0 Å². The highest BCUT2D eigenvalue weighted by Crippen LogP contribution is 2.16. The topological polar surface area (TPSA) is 32.5 Å². The Morgan fingerprint density at radius 2 is 2.07 bits per heavy atom. The van der Waals surface area contributed by atoms with Crippen LogP contribution in [-0.4, -0.2) is 36.8 Å². The Labute approximate surface area is 90.6 Å². The average molecular weight is 208 g/mol. The van der Waals surface area contributed by atoms with Crippen molar-refractivity contribution in [2.45, 2.75) is 12.8 Å². The first kappa shape index (κ1) is 11.6. The van der Waals surface area contributed by atoms with Crippen LogP contribution in [0.2, 0.25) is 0 Å². The molecule has 82 valence electrons. The summed E-state index contributed by atoms with van der Waals surface area (Å²) in [6.45, 7) is 0.673. The van der Waals surface area contributed by atoms with Crippen molar-refractivity contribution >= 4 is 6.40 Å². The van der Waals surface area contributed by atoms with Gasteiger partial charge in [-0.2, -0.15) is 0 Å². The van der Waals surface area contributed by atoms with Gasteiger partial charge in [-0.25, -0.2) is 4.58 Å². The van der Waals surface area contributed by atoms with Gasteiger partial charge < -0.3 is 9.84 Å². The van der Waals surface area contributed by atoms with Gasteiger partial charge in [0, 0.05) is 0 Å². The fourth-order valence-electron chi connectivity index (χ4n) is 1.27. The molecule has 1 rings (SSSR count). The van der Waals surface area contributed by atoms with Gasteiger partial charge in [0.15, 0.2) is 0 Å². The molecule has 0 unspecified atom stereocenters. The highest BCUT2D eigenvalue weighted by Gasteiger charge is 1.98. The second-order valence-electron chi connectivity index (χ2n) is 3.67. The first-order valence-corrected chi connectivity index (χ1v) is 5.08. The van der Waals surface area contributed by atoms with Gasteiger partial charge in [-0.15, -0.1) is 0 Å². The van der Waals surface area contributed by atoms with Gasteiger partial charge in [-0.05, 0) is 24.5 Å². The summed E-state index contributed by atoms with van der Waals surface area (Å²) in [6.07, 6.45) is 3.43. The summed E-state index contributed by atoms with van der Waals surface area (Å²) >= 11 is 0. The summed E-state index contributed by atoms with van der Waals surface area (Å²) in [5.41, 5.74) is 0.978. The molecular formula is C12H18NO2+. The molecule has 0 atom stereocenters. The number of hydrogen-bond acceptors (Lipinski definition) is 2. The van der Waals surface area contributed by atoms with E-state index in [9.17, 15) is 5.11 Å². The summed E-state index contributed by atoms with van der Waals surface area (Å²) in [5, 5.41) is 9.50. The van der Waals surface area contributed by atoms with Crippen LogP contribution in [0.1, 0.15) is 12.0 Å². The monoisotopic (exact) mass is 208 g/mol. The largest absolute Gasteiger partial charge is 0.508 e. The lowest BCUT2D eigenvalue weighted by Gasteiger charge is -2.03. The quantitative estimate of drug-likeness (QED) is 0.345. The van der Waals surface area contributed by atoms with Crippen molar-refractivity contribution in [3.05, 3.63) is 29.8 Å². The SMILES string of the molecule is C[N+](C)=COCCCc1ccccc1O. The molecule has 3 heteroatoms. The highest BCUT2D eigenvalue weighted by atomic mass is 16.5. The van der Waals surface area contributed by atoms with E-state index in [0.717, 1.165) is 18.4 Å². The Morgan fingerprint density at radius 1 is 1.33 bits per heavy atom. The maximum Gasteiger partial charge on any atom is 0.323 e. The number of hydrogen-bond donors (Lipinski definition) is 1. The summed E-state index contributed by atoms with van der Waals surface area (Å²) in [6, 6.07) is 7.41. The zero-order valence-electron chi connectivity index (χ0n) is 9.31. The van der Waals surface area contributed by atoms with Crippen molar-refractivity contribution in [2.75, 3.05) is 20.7 Å². The fourth-order valence-corrected chi connectivity index (χ4v) is 1.27. The molecular weight excluding hydrogens is 190 g/mol. The number of phenols is 1. The molecule has 0 aliphatic heterocycles. The third-order valence-electron chi connectivity index (χ3n) is 1.99. The molecule has 1 N–H and O–H groups in total. The molecule has 0 aliphatic rings. The van der Waals surface area contributed by atoms with E-state index in [1.54, 1.807) is 12.5 Å². The molecule has 0 spiro atoms. The number of aryl methyl sites for hydroxylation is 1. The zero-order chi connectivity index (χ0) is 11.1. The molecule has 0 saturated heterocycles. The minimum Gasteiger partial charge on any atom is -0.508 e. The Hall–Kier alpha value is -1.51. The Morgan fingerprint density at radius 3 is 2.73 bits per heavy atom. The van der Waals surface area contributed by atoms with Crippen LogP contribution in [0.25, 0.3) is 0 Å². The highest BCUT2D eigenvalue weighted by molar-refractivity contribution is 5.38. The minimum atomic E-state index is 0.370. The molecule has 0 heterocycles. The van der Waals surface area contributed by atoms with E-state index >= 15 is 0 Å². The smallest absolute Gasteiger partial charge is 0.323 e. The average Bonchev–Trinajstić information content (AvgIpc) is 2.20. The van der Waals surface area contributed by atoms with Gasteiger partial charge >= 0.3 is 6.40 Å². The molecule has 0 amide bonds. The second kappa shape index (κ2) is 6.06. The fraction of sp³-hybridized carbons (Fsp3) is 0.417. The van der Waals surface area contributed by atoms with Gasteiger partial charge in [-0.3, -0.25) is 0 Å². The number of aromatic hydroxyl groups is 1. The summed E-state index contributed by atoms with van der Waals surface area (Å²) in [5.74, 6) is 0.370. The maximum atomic E-state index is 9.50. The van der Waals surface area contributed by atoms with E-state index in [1.807, 2.05) is 36.9 Å². The first-order chi connectivity index (χ1) is 7.20. The number of para-hydroxylation sites is 1. The van der Waals surface area contributed by atoms with Crippen molar-refractivity contribution < 1.29 is 14.4 Å². The predicted molar refractivity (Wildman–Crippen MR) is 60.6 cm³/mol. The van der Waals surface area contributed by atoms with Gasteiger partial charge in [0.1, 0.15) is 19.8 Å². The van der Waals surface area contributed by atoms with E-state index in [2.05, 4.69) is 0 Å². The number of rotatable bonds is 5. The van der Waals surface area contributed by atoms with Crippen LogP contribution in [0.4, 0.5) is 0 Å². The first-order valence-electron chi connectivity index (χ1n) is 5.08. The standard InChI is InChI=1S/C12H17NO2/c1-13(2)10-15-9-5-7-11-6-3-4-8-12(11)14/h3-4,6,8,10H,5,7,9H2,1-2H3/p+1. The zero-order valence-corrected chi connectivity index (χ0v) is 9.31. The van der Waals surface area contributed by atoms with E-state index in [4.69, 9.17) is 4.74 Å². The molecule has 15 heavy (non-hydrogen) atoms. The van der Waals surface area contributed by atoms with Gasteiger partial charge in [0.2, 0.25) is 0 Å².